The van der Waals surface area contributed by atoms with Crippen LogP contribution in [0.15, 0.2) is 18.3 Å². The van der Waals surface area contributed by atoms with E-state index in [4.69, 9.17) is 5.73 Å². The Balaban J connectivity index is 2.63. The molecule has 82 valence electrons. The Kier molecular flexibility index (Phi) is 4.24. The zero-order valence-corrected chi connectivity index (χ0v) is 9.23. The molecule has 2 N–H and O–H groups in total. The third kappa shape index (κ3) is 3.67. The molecule has 15 heavy (non-hydrogen) atoms. The van der Waals surface area contributed by atoms with Crippen LogP contribution in [0.5, 0.6) is 0 Å². The first-order valence-electron chi connectivity index (χ1n) is 4.99. The van der Waals surface area contributed by atoms with E-state index in [0.717, 1.165) is 24.9 Å². The monoisotopic (exact) mass is 207 g/mol. The number of nitrogens with two attached hydrogens (primary N) is 1. The van der Waals surface area contributed by atoms with Gasteiger partial charge in [0.2, 0.25) is 0 Å². The van der Waals surface area contributed by atoms with Gasteiger partial charge in [0, 0.05) is 6.20 Å². The van der Waals surface area contributed by atoms with Gasteiger partial charge in [0.1, 0.15) is 5.69 Å². The Labute approximate surface area is 90.1 Å². The van der Waals surface area contributed by atoms with Gasteiger partial charge in [-0.15, -0.1) is 0 Å². The molecule has 1 aromatic heterocycles. The van der Waals surface area contributed by atoms with Crippen LogP contribution in [0, 0.1) is 0 Å². The molecule has 0 aromatic carbocycles. The molecule has 1 heterocycles. The van der Waals surface area contributed by atoms with Gasteiger partial charge in [0.25, 0.3) is 5.91 Å². The molecule has 1 rings (SSSR count). The number of rotatable bonds is 5. The van der Waals surface area contributed by atoms with Crippen LogP contribution in [0.3, 0.4) is 0 Å². The van der Waals surface area contributed by atoms with Gasteiger partial charge in [0.15, 0.2) is 0 Å². The lowest BCUT2D eigenvalue weighted by Crippen LogP contribution is -2.17. The second-order valence-corrected chi connectivity index (χ2v) is 3.78. The Hall–Kier alpha value is -1.42. The average molecular weight is 207 g/mol. The van der Waals surface area contributed by atoms with Gasteiger partial charge in [-0.2, -0.15) is 0 Å². The van der Waals surface area contributed by atoms with Crippen molar-refractivity contribution in [1.29, 1.82) is 0 Å². The van der Waals surface area contributed by atoms with Gasteiger partial charge >= 0.3 is 0 Å². The van der Waals surface area contributed by atoms with Crippen molar-refractivity contribution < 1.29 is 4.79 Å². The average Bonchev–Trinajstić information content (AvgIpc) is 2.17. The van der Waals surface area contributed by atoms with E-state index in [2.05, 4.69) is 9.88 Å². The molecule has 4 heteroatoms. The normalized spacial score (nSPS) is 10.6. The molecular weight excluding hydrogens is 190 g/mol. The molecule has 0 fully saturated rings. The Bertz CT molecular complexity index is 336. The summed E-state index contributed by atoms with van der Waals surface area (Å²) in [6.07, 6.45) is 3.43. The van der Waals surface area contributed by atoms with Crippen LogP contribution in [0.25, 0.3) is 0 Å². The number of nitrogens with zero attached hydrogens (tertiary/aromatic N) is 2. The molecule has 0 aliphatic heterocycles. The number of pyridine rings is 1. The van der Waals surface area contributed by atoms with E-state index >= 15 is 0 Å². The highest BCUT2D eigenvalue weighted by Gasteiger charge is 2.08. The summed E-state index contributed by atoms with van der Waals surface area (Å²) in [4.78, 5) is 17.2. The lowest BCUT2D eigenvalue weighted by Gasteiger charge is -2.09. The second-order valence-electron chi connectivity index (χ2n) is 3.78. The molecule has 1 aromatic rings. The number of primary amides is 1. The van der Waals surface area contributed by atoms with Crippen LogP contribution in [-0.4, -0.2) is 36.4 Å². The van der Waals surface area contributed by atoms with Crippen molar-refractivity contribution in [2.75, 3.05) is 20.6 Å². The van der Waals surface area contributed by atoms with E-state index < -0.39 is 5.91 Å². The summed E-state index contributed by atoms with van der Waals surface area (Å²) < 4.78 is 0. The highest BCUT2D eigenvalue weighted by Crippen LogP contribution is 2.07. The first-order chi connectivity index (χ1) is 7.11. The van der Waals surface area contributed by atoms with Gasteiger partial charge < -0.3 is 10.6 Å². The molecule has 0 atom stereocenters. The number of amides is 1. The molecule has 0 spiro atoms. The minimum absolute atomic E-state index is 0.399. The van der Waals surface area contributed by atoms with Crippen molar-refractivity contribution in [3.8, 4) is 0 Å². The second kappa shape index (κ2) is 5.46. The van der Waals surface area contributed by atoms with Crippen molar-refractivity contribution in [1.82, 2.24) is 9.88 Å². The van der Waals surface area contributed by atoms with E-state index in [0.29, 0.717) is 5.69 Å². The van der Waals surface area contributed by atoms with Crippen molar-refractivity contribution >= 4 is 5.91 Å². The zero-order valence-electron chi connectivity index (χ0n) is 9.23. The smallest absolute Gasteiger partial charge is 0.267 e. The van der Waals surface area contributed by atoms with Gasteiger partial charge in [0.05, 0.1) is 0 Å². The molecule has 0 unspecified atom stereocenters. The van der Waals surface area contributed by atoms with Crippen LogP contribution in [0.1, 0.15) is 22.5 Å². The summed E-state index contributed by atoms with van der Waals surface area (Å²) in [5.74, 6) is -0.449. The number of aromatic nitrogens is 1. The summed E-state index contributed by atoms with van der Waals surface area (Å²) in [5.41, 5.74) is 6.57. The molecule has 0 aliphatic rings. The van der Waals surface area contributed by atoms with E-state index in [1.54, 1.807) is 6.20 Å². The highest BCUT2D eigenvalue weighted by atomic mass is 16.1. The number of hydrogen-bond donors (Lipinski definition) is 1. The molecule has 0 saturated carbocycles. The fraction of sp³-hybridized carbons (Fsp3) is 0.455. The minimum atomic E-state index is -0.449. The maximum atomic E-state index is 11.1. The molecule has 4 nitrogen and oxygen atoms in total. The summed E-state index contributed by atoms with van der Waals surface area (Å²) in [5, 5.41) is 0. The summed E-state index contributed by atoms with van der Waals surface area (Å²) >= 11 is 0. The van der Waals surface area contributed by atoms with Gasteiger partial charge in [-0.05, 0) is 45.1 Å². The number of carbonyl (C=O) groups excluding carboxylic acids is 1. The van der Waals surface area contributed by atoms with E-state index in [9.17, 15) is 4.79 Å². The fourth-order valence-electron chi connectivity index (χ4n) is 1.45. The summed E-state index contributed by atoms with van der Waals surface area (Å²) in [7, 11) is 4.05. The van der Waals surface area contributed by atoms with E-state index in [-0.39, 0.29) is 0 Å². The van der Waals surface area contributed by atoms with Crippen LogP contribution < -0.4 is 5.73 Å². The number of hydrogen-bond acceptors (Lipinski definition) is 3. The molecular formula is C11H17N3O. The predicted molar refractivity (Wildman–Crippen MR) is 59.6 cm³/mol. The highest BCUT2D eigenvalue weighted by molar-refractivity contribution is 5.92. The summed E-state index contributed by atoms with van der Waals surface area (Å²) in [6.45, 7) is 0.993. The van der Waals surface area contributed by atoms with Gasteiger partial charge in [-0.25, -0.2) is 0 Å². The largest absolute Gasteiger partial charge is 0.364 e. The Morgan fingerprint density at radius 1 is 1.53 bits per heavy atom. The number of aryl methyl sites for hydroxylation is 1. The third-order valence-corrected chi connectivity index (χ3v) is 2.18. The van der Waals surface area contributed by atoms with Crippen molar-refractivity contribution in [3.63, 3.8) is 0 Å². The fourth-order valence-corrected chi connectivity index (χ4v) is 1.45. The van der Waals surface area contributed by atoms with Crippen molar-refractivity contribution in [3.05, 3.63) is 29.6 Å². The topological polar surface area (TPSA) is 59.2 Å². The lowest BCUT2D eigenvalue weighted by atomic mass is 10.1. The first-order valence-corrected chi connectivity index (χ1v) is 4.99. The molecule has 0 aliphatic carbocycles. The Morgan fingerprint density at radius 2 is 2.27 bits per heavy atom. The predicted octanol–water partition coefficient (Wildman–Crippen LogP) is 0.675. The van der Waals surface area contributed by atoms with Gasteiger partial charge in [-0.1, -0.05) is 6.07 Å². The maximum absolute atomic E-state index is 11.1. The van der Waals surface area contributed by atoms with Crippen LogP contribution in [0.4, 0.5) is 0 Å². The molecule has 1 amide bonds. The van der Waals surface area contributed by atoms with Crippen LogP contribution in [-0.2, 0) is 6.42 Å². The van der Waals surface area contributed by atoms with E-state index in [1.807, 2.05) is 26.2 Å². The van der Waals surface area contributed by atoms with Crippen molar-refractivity contribution in [2.24, 2.45) is 5.73 Å². The zero-order chi connectivity index (χ0) is 11.3. The van der Waals surface area contributed by atoms with Crippen LogP contribution in [0.2, 0.25) is 0 Å². The quantitative estimate of drug-likeness (QED) is 0.772. The lowest BCUT2D eigenvalue weighted by molar-refractivity contribution is 0.0994. The first kappa shape index (κ1) is 11.7. The third-order valence-electron chi connectivity index (χ3n) is 2.18. The molecule has 0 bridgehead atoms. The Morgan fingerprint density at radius 3 is 2.87 bits per heavy atom. The molecule has 0 radical (unpaired) electrons. The maximum Gasteiger partial charge on any atom is 0.267 e. The molecule has 0 saturated heterocycles. The summed E-state index contributed by atoms with van der Waals surface area (Å²) in [6, 6.07) is 3.74. The van der Waals surface area contributed by atoms with Crippen LogP contribution >= 0.6 is 0 Å². The number of carbonyl (C=O) groups is 1. The van der Waals surface area contributed by atoms with Gasteiger partial charge in [-0.3, -0.25) is 9.78 Å². The minimum Gasteiger partial charge on any atom is -0.364 e. The van der Waals surface area contributed by atoms with Crippen molar-refractivity contribution in [2.45, 2.75) is 12.8 Å². The SMILES string of the molecule is CN(C)CCCc1cccnc1C(N)=O. The standard InChI is InChI=1S/C11H17N3O/c1-14(2)8-4-6-9-5-3-7-13-10(9)11(12)15/h3,5,7H,4,6,8H2,1-2H3,(H2,12,15). The van der Waals surface area contributed by atoms with E-state index in [1.165, 1.54) is 0 Å².